The van der Waals surface area contributed by atoms with Crippen molar-refractivity contribution < 1.29 is 14.3 Å². The highest BCUT2D eigenvalue weighted by Crippen LogP contribution is 2.36. The van der Waals surface area contributed by atoms with Crippen LogP contribution in [0.2, 0.25) is 0 Å². The minimum Gasteiger partial charge on any atom is -0.377 e. The number of carbonyl (C=O) groups excluding carboxylic acids is 2. The highest BCUT2D eigenvalue weighted by atomic mass is 16.5. The van der Waals surface area contributed by atoms with Gasteiger partial charge in [-0.1, -0.05) is 0 Å². The minimum atomic E-state index is -0.0549. The van der Waals surface area contributed by atoms with Crippen molar-refractivity contribution in [3.63, 3.8) is 0 Å². The van der Waals surface area contributed by atoms with E-state index in [4.69, 9.17) is 4.74 Å². The standard InChI is InChI=1S/C20H30N6O3/c1-13-9-14(2)24-19(23-13)26-6-3-16-15(11-26)12-29-17(16)10-18(27)21-4-7-25-8-5-22-20(25)28/h9,15-17H,3-8,10-12H2,1-2H3,(H,21,27)(H,22,28)/t15-,16-,17+/m1/s1. The van der Waals surface area contributed by atoms with Crippen LogP contribution in [0.4, 0.5) is 10.7 Å². The van der Waals surface area contributed by atoms with Gasteiger partial charge in [0.1, 0.15) is 0 Å². The number of carbonyl (C=O) groups is 2. The summed E-state index contributed by atoms with van der Waals surface area (Å²) in [6.07, 6.45) is 1.33. The van der Waals surface area contributed by atoms with E-state index in [1.54, 1.807) is 4.90 Å². The highest BCUT2D eigenvalue weighted by molar-refractivity contribution is 5.77. The van der Waals surface area contributed by atoms with Gasteiger partial charge < -0.3 is 25.2 Å². The second-order valence-corrected chi connectivity index (χ2v) is 8.25. The molecule has 2 N–H and O–H groups in total. The lowest BCUT2D eigenvalue weighted by molar-refractivity contribution is -0.123. The van der Waals surface area contributed by atoms with Crippen LogP contribution in [0, 0.1) is 25.7 Å². The molecule has 0 unspecified atom stereocenters. The van der Waals surface area contributed by atoms with E-state index in [1.165, 1.54) is 0 Å². The van der Waals surface area contributed by atoms with Crippen molar-refractivity contribution in [3.8, 4) is 0 Å². The van der Waals surface area contributed by atoms with E-state index in [0.717, 1.165) is 36.8 Å². The Labute approximate surface area is 171 Å². The van der Waals surface area contributed by atoms with Crippen LogP contribution in [0.1, 0.15) is 24.2 Å². The zero-order valence-electron chi connectivity index (χ0n) is 17.2. The Balaban J connectivity index is 1.25. The fourth-order valence-electron chi connectivity index (χ4n) is 4.64. The minimum absolute atomic E-state index is 0.00433. The molecule has 0 radical (unpaired) electrons. The molecular formula is C20H30N6O3. The second-order valence-electron chi connectivity index (χ2n) is 8.25. The van der Waals surface area contributed by atoms with Crippen LogP contribution in [0.25, 0.3) is 0 Å². The van der Waals surface area contributed by atoms with Crippen LogP contribution < -0.4 is 15.5 Å². The number of aromatic nitrogens is 2. The summed E-state index contributed by atoms with van der Waals surface area (Å²) in [6, 6.07) is 1.93. The lowest BCUT2D eigenvalue weighted by Crippen LogP contribution is -2.43. The number of fused-ring (bicyclic) bond motifs is 1. The predicted octanol–water partition coefficient (Wildman–Crippen LogP) is 0.466. The van der Waals surface area contributed by atoms with Crippen molar-refractivity contribution in [2.24, 2.45) is 11.8 Å². The quantitative estimate of drug-likeness (QED) is 0.717. The summed E-state index contributed by atoms with van der Waals surface area (Å²) in [5.41, 5.74) is 1.97. The number of amides is 3. The van der Waals surface area contributed by atoms with Gasteiger partial charge in [-0.05, 0) is 32.3 Å². The third-order valence-electron chi connectivity index (χ3n) is 6.08. The first-order valence-electron chi connectivity index (χ1n) is 10.5. The van der Waals surface area contributed by atoms with Gasteiger partial charge in [0.05, 0.1) is 19.1 Å². The Bertz CT molecular complexity index is 752. The van der Waals surface area contributed by atoms with E-state index in [9.17, 15) is 9.59 Å². The van der Waals surface area contributed by atoms with Crippen molar-refractivity contribution in [3.05, 3.63) is 17.5 Å². The van der Waals surface area contributed by atoms with Crippen LogP contribution in [-0.4, -0.2) is 78.8 Å². The Morgan fingerprint density at radius 2 is 2.10 bits per heavy atom. The number of hydrogen-bond acceptors (Lipinski definition) is 6. The third kappa shape index (κ3) is 4.60. The largest absolute Gasteiger partial charge is 0.377 e. The SMILES string of the molecule is Cc1cc(C)nc(N2CC[C@@H]3[C@@H](CO[C@H]3CC(=O)NCCN3CCNC3=O)C2)n1. The maximum atomic E-state index is 12.3. The molecule has 3 aliphatic rings. The van der Waals surface area contributed by atoms with Gasteiger partial charge in [-0.15, -0.1) is 0 Å². The van der Waals surface area contributed by atoms with Crippen molar-refractivity contribution in [1.82, 2.24) is 25.5 Å². The van der Waals surface area contributed by atoms with Gasteiger partial charge in [0.15, 0.2) is 0 Å². The zero-order chi connectivity index (χ0) is 20.4. The Morgan fingerprint density at radius 1 is 1.31 bits per heavy atom. The van der Waals surface area contributed by atoms with Crippen LogP contribution >= 0.6 is 0 Å². The topological polar surface area (TPSA) is 99.7 Å². The number of nitrogens with one attached hydrogen (secondary N) is 2. The molecule has 0 bridgehead atoms. The first-order valence-corrected chi connectivity index (χ1v) is 10.5. The summed E-state index contributed by atoms with van der Waals surface area (Å²) in [5, 5.41) is 5.69. The molecule has 1 aromatic heterocycles. The molecule has 0 spiro atoms. The van der Waals surface area contributed by atoms with Gasteiger partial charge in [-0.2, -0.15) is 0 Å². The van der Waals surface area contributed by atoms with Gasteiger partial charge in [0, 0.05) is 56.6 Å². The number of anilines is 1. The summed E-state index contributed by atoms with van der Waals surface area (Å²) >= 11 is 0. The summed E-state index contributed by atoms with van der Waals surface area (Å²) in [6.45, 7) is 8.82. The summed E-state index contributed by atoms with van der Waals surface area (Å²) in [5.74, 6) is 1.59. The molecule has 9 heteroatoms. The molecule has 3 saturated heterocycles. The summed E-state index contributed by atoms with van der Waals surface area (Å²) < 4.78 is 6.00. The molecule has 0 aliphatic carbocycles. The fourth-order valence-corrected chi connectivity index (χ4v) is 4.64. The number of urea groups is 1. The van der Waals surface area contributed by atoms with Crippen LogP contribution in [0.15, 0.2) is 6.07 Å². The lowest BCUT2D eigenvalue weighted by atomic mass is 9.83. The molecule has 0 aromatic carbocycles. The molecule has 3 fully saturated rings. The van der Waals surface area contributed by atoms with Crippen LogP contribution in [0.3, 0.4) is 0 Å². The number of ether oxygens (including phenoxy) is 1. The average Bonchev–Trinajstić information content (AvgIpc) is 3.27. The summed E-state index contributed by atoms with van der Waals surface area (Å²) in [4.78, 5) is 37.0. The third-order valence-corrected chi connectivity index (χ3v) is 6.08. The maximum Gasteiger partial charge on any atom is 0.317 e. The fraction of sp³-hybridized carbons (Fsp3) is 0.700. The first kappa shape index (κ1) is 19.9. The number of hydrogen-bond donors (Lipinski definition) is 2. The maximum absolute atomic E-state index is 12.3. The van der Waals surface area contributed by atoms with Gasteiger partial charge in [-0.3, -0.25) is 4.79 Å². The molecule has 29 heavy (non-hydrogen) atoms. The number of nitrogens with zero attached hydrogens (tertiary/aromatic N) is 4. The highest BCUT2D eigenvalue weighted by Gasteiger charge is 2.42. The molecular weight excluding hydrogens is 372 g/mol. The van der Waals surface area contributed by atoms with E-state index in [-0.39, 0.29) is 18.0 Å². The molecule has 3 atom stereocenters. The van der Waals surface area contributed by atoms with E-state index in [1.807, 2.05) is 19.9 Å². The van der Waals surface area contributed by atoms with Crippen molar-refractivity contribution in [1.29, 1.82) is 0 Å². The molecule has 4 rings (SSSR count). The van der Waals surface area contributed by atoms with Crippen LogP contribution in [0.5, 0.6) is 0 Å². The Kier molecular flexibility index (Phi) is 5.84. The number of piperidine rings is 1. The zero-order valence-corrected chi connectivity index (χ0v) is 17.2. The van der Waals surface area contributed by atoms with E-state index >= 15 is 0 Å². The normalized spacial score (nSPS) is 26.4. The van der Waals surface area contributed by atoms with E-state index in [0.29, 0.717) is 51.0 Å². The number of aryl methyl sites for hydroxylation is 2. The number of rotatable bonds is 6. The summed E-state index contributed by atoms with van der Waals surface area (Å²) in [7, 11) is 0. The smallest absolute Gasteiger partial charge is 0.317 e. The lowest BCUT2D eigenvalue weighted by Gasteiger charge is -2.35. The molecule has 3 amide bonds. The average molecular weight is 402 g/mol. The molecule has 158 valence electrons. The Hall–Kier alpha value is -2.42. The second kappa shape index (κ2) is 8.52. The van der Waals surface area contributed by atoms with Crippen molar-refractivity contribution >= 4 is 17.9 Å². The molecule has 3 aliphatic heterocycles. The van der Waals surface area contributed by atoms with E-state index in [2.05, 4.69) is 25.5 Å². The van der Waals surface area contributed by atoms with Gasteiger partial charge >= 0.3 is 6.03 Å². The first-order chi connectivity index (χ1) is 14.0. The van der Waals surface area contributed by atoms with Gasteiger partial charge in [0.25, 0.3) is 0 Å². The van der Waals surface area contributed by atoms with Gasteiger partial charge in [0.2, 0.25) is 11.9 Å². The Morgan fingerprint density at radius 3 is 2.83 bits per heavy atom. The van der Waals surface area contributed by atoms with Crippen molar-refractivity contribution in [2.45, 2.75) is 32.8 Å². The molecule has 0 saturated carbocycles. The molecule has 9 nitrogen and oxygen atoms in total. The monoisotopic (exact) mass is 402 g/mol. The van der Waals surface area contributed by atoms with E-state index < -0.39 is 0 Å². The molecule has 4 heterocycles. The van der Waals surface area contributed by atoms with Crippen LogP contribution in [-0.2, 0) is 9.53 Å². The van der Waals surface area contributed by atoms with Crippen molar-refractivity contribution in [2.75, 3.05) is 50.8 Å². The molecule has 1 aromatic rings. The van der Waals surface area contributed by atoms with Gasteiger partial charge in [-0.25, -0.2) is 14.8 Å². The predicted molar refractivity (Wildman–Crippen MR) is 108 cm³/mol.